The third-order valence-corrected chi connectivity index (χ3v) is 4.30. The van der Waals surface area contributed by atoms with E-state index in [2.05, 4.69) is 5.32 Å². The molecule has 0 aliphatic rings. The third-order valence-electron chi connectivity index (χ3n) is 2.86. The molecule has 1 unspecified atom stereocenters. The number of halogens is 2. The lowest BCUT2D eigenvalue weighted by molar-refractivity contribution is 0.235. The van der Waals surface area contributed by atoms with E-state index in [9.17, 15) is 17.2 Å². The van der Waals surface area contributed by atoms with Gasteiger partial charge < -0.3 is 11.1 Å². The first-order valence-electron chi connectivity index (χ1n) is 6.64. The van der Waals surface area contributed by atoms with Gasteiger partial charge >= 0.3 is 5.76 Å². The van der Waals surface area contributed by atoms with Gasteiger partial charge in [0.15, 0.2) is 0 Å². The van der Waals surface area contributed by atoms with Gasteiger partial charge in [-0.1, -0.05) is 32.9 Å². The molecule has 0 spiro atoms. The highest BCUT2D eigenvalue weighted by atomic mass is 32.2. The van der Waals surface area contributed by atoms with E-state index in [-0.39, 0.29) is 17.1 Å². The number of hydrogen-bond donors (Lipinski definition) is 2. The highest BCUT2D eigenvalue weighted by Crippen LogP contribution is 2.26. The van der Waals surface area contributed by atoms with E-state index in [1.54, 1.807) is 6.07 Å². The van der Waals surface area contributed by atoms with E-state index >= 15 is 0 Å². The van der Waals surface area contributed by atoms with E-state index < -0.39 is 20.5 Å². The van der Waals surface area contributed by atoms with Gasteiger partial charge in [0.25, 0.3) is 0 Å². The lowest BCUT2D eigenvalue weighted by atomic mass is 9.88. The van der Waals surface area contributed by atoms with Gasteiger partial charge in [-0.25, -0.2) is 8.42 Å². The molecule has 0 heterocycles. The molecule has 21 heavy (non-hydrogen) atoms. The standard InChI is InChI=1S/C14H22F2N2O2S/c1-14(2,3)8-10(17)9-18-11-6-4-5-7-12(11)21(19,20)13(15)16/h4-7,10,13,18H,8-9,17H2,1-3H3. The number of hydrogen-bond acceptors (Lipinski definition) is 4. The first-order valence-corrected chi connectivity index (χ1v) is 8.19. The number of anilines is 1. The zero-order valence-corrected chi connectivity index (χ0v) is 13.3. The molecule has 0 bridgehead atoms. The highest BCUT2D eigenvalue weighted by Gasteiger charge is 2.29. The monoisotopic (exact) mass is 320 g/mol. The minimum atomic E-state index is -4.63. The molecule has 7 heteroatoms. The molecule has 1 atom stereocenters. The summed E-state index contributed by atoms with van der Waals surface area (Å²) in [5.74, 6) is -3.44. The molecule has 3 N–H and O–H groups in total. The minimum Gasteiger partial charge on any atom is -0.382 e. The van der Waals surface area contributed by atoms with Crippen LogP contribution >= 0.6 is 0 Å². The molecular weight excluding hydrogens is 298 g/mol. The van der Waals surface area contributed by atoms with Crippen molar-refractivity contribution in [3.63, 3.8) is 0 Å². The molecule has 0 saturated heterocycles. The maximum absolute atomic E-state index is 12.7. The Bertz CT molecular complexity index is 569. The van der Waals surface area contributed by atoms with Crippen molar-refractivity contribution >= 4 is 15.5 Å². The van der Waals surface area contributed by atoms with Gasteiger partial charge in [0.05, 0.1) is 10.6 Å². The second-order valence-corrected chi connectivity index (χ2v) is 8.09. The number of sulfone groups is 1. The van der Waals surface area contributed by atoms with Gasteiger partial charge in [0.1, 0.15) is 0 Å². The second-order valence-electron chi connectivity index (χ2n) is 6.21. The summed E-state index contributed by atoms with van der Waals surface area (Å²) in [6.07, 6.45) is 0.726. The highest BCUT2D eigenvalue weighted by molar-refractivity contribution is 7.91. The summed E-state index contributed by atoms with van der Waals surface area (Å²) in [5, 5.41) is 2.86. The van der Waals surface area contributed by atoms with Crippen molar-refractivity contribution < 1.29 is 17.2 Å². The van der Waals surface area contributed by atoms with Gasteiger partial charge in [0.2, 0.25) is 9.84 Å². The quantitative estimate of drug-likeness (QED) is 0.845. The molecule has 1 aromatic rings. The van der Waals surface area contributed by atoms with Crippen LogP contribution in [0.2, 0.25) is 0 Å². The molecular formula is C14H22F2N2O2S. The van der Waals surface area contributed by atoms with Crippen molar-refractivity contribution in [1.29, 1.82) is 0 Å². The van der Waals surface area contributed by atoms with Crippen LogP contribution in [0.3, 0.4) is 0 Å². The molecule has 0 amide bonds. The fourth-order valence-electron chi connectivity index (χ4n) is 2.06. The molecule has 0 fully saturated rings. The Kier molecular flexibility index (Phi) is 5.69. The molecule has 1 aromatic carbocycles. The van der Waals surface area contributed by atoms with E-state index in [0.717, 1.165) is 6.42 Å². The summed E-state index contributed by atoms with van der Waals surface area (Å²) in [7, 11) is -4.63. The number of rotatable bonds is 6. The largest absolute Gasteiger partial charge is 0.382 e. The van der Waals surface area contributed by atoms with Crippen LogP contribution in [0.5, 0.6) is 0 Å². The maximum Gasteiger partial charge on any atom is 0.341 e. The SMILES string of the molecule is CC(C)(C)CC(N)CNc1ccccc1S(=O)(=O)C(F)F. The third kappa shape index (κ3) is 5.24. The van der Waals surface area contributed by atoms with E-state index in [4.69, 9.17) is 5.73 Å². The Labute approximate surface area is 124 Å². The van der Waals surface area contributed by atoms with Gasteiger partial charge in [-0.3, -0.25) is 0 Å². The number of nitrogens with two attached hydrogens (primary N) is 1. The van der Waals surface area contributed by atoms with Crippen molar-refractivity contribution in [3.8, 4) is 0 Å². The van der Waals surface area contributed by atoms with Crippen LogP contribution in [0, 0.1) is 5.41 Å². The Morgan fingerprint density at radius 2 is 1.81 bits per heavy atom. The van der Waals surface area contributed by atoms with Crippen molar-refractivity contribution in [3.05, 3.63) is 24.3 Å². The predicted molar refractivity (Wildman–Crippen MR) is 80.2 cm³/mol. The van der Waals surface area contributed by atoms with Crippen LogP contribution in [0.25, 0.3) is 0 Å². The van der Waals surface area contributed by atoms with Crippen LogP contribution in [0.1, 0.15) is 27.2 Å². The van der Waals surface area contributed by atoms with E-state index in [1.165, 1.54) is 18.2 Å². The number of alkyl halides is 2. The molecule has 0 radical (unpaired) electrons. The predicted octanol–water partition coefficient (Wildman–Crippen LogP) is 2.86. The molecule has 1 rings (SSSR count). The lowest BCUT2D eigenvalue weighted by Gasteiger charge is -2.24. The molecule has 0 saturated carbocycles. The summed E-state index contributed by atoms with van der Waals surface area (Å²) in [6.45, 7) is 6.44. The average molecular weight is 320 g/mol. The van der Waals surface area contributed by atoms with E-state index in [0.29, 0.717) is 6.54 Å². The summed E-state index contributed by atoms with van der Waals surface area (Å²) in [4.78, 5) is -0.400. The van der Waals surface area contributed by atoms with Crippen molar-refractivity contribution in [1.82, 2.24) is 0 Å². The Morgan fingerprint density at radius 3 is 2.33 bits per heavy atom. The fourth-order valence-corrected chi connectivity index (χ4v) is 2.96. The Hall–Kier alpha value is -1.21. The van der Waals surface area contributed by atoms with Crippen molar-refractivity contribution in [2.75, 3.05) is 11.9 Å². The molecule has 4 nitrogen and oxygen atoms in total. The number of nitrogens with one attached hydrogen (secondary N) is 1. The summed E-state index contributed by atoms with van der Waals surface area (Å²) in [6, 6.07) is 5.42. The van der Waals surface area contributed by atoms with Crippen molar-refractivity contribution in [2.45, 2.75) is 43.9 Å². The first-order chi connectivity index (χ1) is 9.54. The summed E-state index contributed by atoms with van der Waals surface area (Å²) < 4.78 is 48.5. The summed E-state index contributed by atoms with van der Waals surface area (Å²) in [5.41, 5.74) is 6.16. The maximum atomic E-state index is 12.7. The van der Waals surface area contributed by atoms with Crippen LogP contribution in [-0.4, -0.2) is 26.8 Å². The smallest absolute Gasteiger partial charge is 0.341 e. The zero-order valence-electron chi connectivity index (χ0n) is 12.4. The minimum absolute atomic E-state index is 0.0374. The van der Waals surface area contributed by atoms with Gasteiger partial charge in [0, 0.05) is 12.6 Å². The number of para-hydroxylation sites is 1. The molecule has 0 aliphatic carbocycles. The zero-order chi connectivity index (χ0) is 16.3. The van der Waals surface area contributed by atoms with Gasteiger partial charge in [-0.05, 0) is 24.0 Å². The van der Waals surface area contributed by atoms with Gasteiger partial charge in [-0.15, -0.1) is 0 Å². The van der Waals surface area contributed by atoms with Crippen LogP contribution in [0.15, 0.2) is 29.2 Å². The van der Waals surface area contributed by atoms with Crippen molar-refractivity contribution in [2.24, 2.45) is 11.1 Å². The first kappa shape index (κ1) is 17.8. The topological polar surface area (TPSA) is 72.2 Å². The molecule has 120 valence electrons. The summed E-state index contributed by atoms with van der Waals surface area (Å²) >= 11 is 0. The van der Waals surface area contributed by atoms with Crippen LogP contribution in [-0.2, 0) is 9.84 Å². The van der Waals surface area contributed by atoms with Gasteiger partial charge in [-0.2, -0.15) is 8.78 Å². The van der Waals surface area contributed by atoms with Crippen LogP contribution < -0.4 is 11.1 Å². The van der Waals surface area contributed by atoms with E-state index in [1.807, 2.05) is 20.8 Å². The second kappa shape index (κ2) is 6.70. The Balaban J connectivity index is 2.87. The lowest BCUT2D eigenvalue weighted by Crippen LogP contribution is -2.33. The Morgan fingerprint density at radius 1 is 1.24 bits per heavy atom. The molecule has 0 aromatic heterocycles. The molecule has 0 aliphatic heterocycles. The average Bonchev–Trinajstić information content (AvgIpc) is 2.34. The van der Waals surface area contributed by atoms with Crippen LogP contribution in [0.4, 0.5) is 14.5 Å². The number of benzene rings is 1. The normalized spacial score (nSPS) is 14.2. The fraction of sp³-hybridized carbons (Fsp3) is 0.571.